The van der Waals surface area contributed by atoms with Crippen molar-refractivity contribution in [3.63, 3.8) is 0 Å². The Bertz CT molecular complexity index is 949. The van der Waals surface area contributed by atoms with Crippen molar-refractivity contribution >= 4 is 11.9 Å². The molecule has 0 saturated carbocycles. The molecule has 9 heteroatoms. The number of likely N-dealkylation sites (N-methyl/N-ethyl adjacent to an activating group) is 1. The lowest BCUT2D eigenvalue weighted by molar-refractivity contribution is 0.0688. The fraction of sp³-hybridized carbons (Fsp3) is 0.278. The molecule has 0 unspecified atom stereocenters. The van der Waals surface area contributed by atoms with Crippen LogP contribution in [0.15, 0.2) is 41.1 Å². The van der Waals surface area contributed by atoms with E-state index in [1.54, 1.807) is 42.4 Å². The molecule has 27 heavy (non-hydrogen) atoms. The lowest BCUT2D eigenvalue weighted by Gasteiger charge is -2.21. The average molecular weight is 369 g/mol. The lowest BCUT2D eigenvalue weighted by Crippen LogP contribution is -2.33. The van der Waals surface area contributed by atoms with E-state index >= 15 is 0 Å². The molecule has 0 radical (unpaired) electrons. The number of hydrogen-bond acceptors (Lipinski definition) is 6. The Balaban J connectivity index is 1.78. The SMILES string of the molecule is CCN(CCc1nc(C(=O)O)c(C)o1)C(=O)c1ccccc1-n1nccn1. The molecule has 140 valence electrons. The van der Waals surface area contributed by atoms with Gasteiger partial charge in [0, 0.05) is 19.5 Å². The third-order valence-electron chi connectivity index (χ3n) is 4.08. The molecule has 0 aliphatic rings. The molecule has 2 heterocycles. The summed E-state index contributed by atoms with van der Waals surface area (Å²) >= 11 is 0. The second-order valence-corrected chi connectivity index (χ2v) is 5.79. The highest BCUT2D eigenvalue weighted by Crippen LogP contribution is 2.16. The minimum Gasteiger partial charge on any atom is -0.476 e. The van der Waals surface area contributed by atoms with Crippen LogP contribution in [0.1, 0.15) is 39.4 Å². The number of aromatic nitrogens is 4. The number of oxazole rings is 1. The van der Waals surface area contributed by atoms with Crippen molar-refractivity contribution < 1.29 is 19.1 Å². The molecule has 0 aliphatic carbocycles. The van der Waals surface area contributed by atoms with Crippen LogP contribution in [0.25, 0.3) is 5.69 Å². The van der Waals surface area contributed by atoms with E-state index in [4.69, 9.17) is 9.52 Å². The highest BCUT2D eigenvalue weighted by atomic mass is 16.4. The van der Waals surface area contributed by atoms with Crippen LogP contribution >= 0.6 is 0 Å². The molecule has 1 amide bonds. The molecule has 3 aromatic rings. The molecule has 2 aromatic heterocycles. The van der Waals surface area contributed by atoms with Crippen LogP contribution in [0.5, 0.6) is 0 Å². The molecule has 0 spiro atoms. The largest absolute Gasteiger partial charge is 0.476 e. The molecule has 0 saturated heterocycles. The smallest absolute Gasteiger partial charge is 0.358 e. The summed E-state index contributed by atoms with van der Waals surface area (Å²) in [7, 11) is 0. The van der Waals surface area contributed by atoms with Gasteiger partial charge in [-0.25, -0.2) is 9.78 Å². The van der Waals surface area contributed by atoms with Crippen molar-refractivity contribution in [2.45, 2.75) is 20.3 Å². The Morgan fingerprint density at radius 1 is 1.22 bits per heavy atom. The second kappa shape index (κ2) is 7.81. The van der Waals surface area contributed by atoms with Gasteiger partial charge in [-0.1, -0.05) is 12.1 Å². The van der Waals surface area contributed by atoms with Crippen molar-refractivity contribution in [2.75, 3.05) is 13.1 Å². The van der Waals surface area contributed by atoms with E-state index in [1.165, 1.54) is 4.80 Å². The molecular weight excluding hydrogens is 350 g/mol. The number of carboxylic acids is 1. The summed E-state index contributed by atoms with van der Waals surface area (Å²) in [5.41, 5.74) is 0.964. The topological polar surface area (TPSA) is 114 Å². The number of aryl methyl sites for hydroxylation is 1. The van der Waals surface area contributed by atoms with Crippen LogP contribution in [-0.4, -0.2) is 55.0 Å². The number of benzene rings is 1. The van der Waals surface area contributed by atoms with Gasteiger partial charge >= 0.3 is 5.97 Å². The van der Waals surface area contributed by atoms with E-state index in [1.807, 2.05) is 13.0 Å². The highest BCUT2D eigenvalue weighted by molar-refractivity contribution is 5.97. The monoisotopic (exact) mass is 369 g/mol. The fourth-order valence-electron chi connectivity index (χ4n) is 2.73. The second-order valence-electron chi connectivity index (χ2n) is 5.79. The number of hydrogen-bond donors (Lipinski definition) is 1. The van der Waals surface area contributed by atoms with Crippen molar-refractivity contribution in [3.05, 3.63) is 59.6 Å². The molecule has 0 atom stereocenters. The average Bonchev–Trinajstić information content (AvgIpc) is 3.32. The van der Waals surface area contributed by atoms with Crippen LogP contribution in [0.3, 0.4) is 0 Å². The van der Waals surface area contributed by atoms with Gasteiger partial charge < -0.3 is 14.4 Å². The summed E-state index contributed by atoms with van der Waals surface area (Å²) in [5, 5.41) is 17.2. The molecule has 0 bridgehead atoms. The maximum absolute atomic E-state index is 13.0. The summed E-state index contributed by atoms with van der Waals surface area (Å²) in [6.07, 6.45) is 3.41. The quantitative estimate of drug-likeness (QED) is 0.677. The zero-order valence-electron chi connectivity index (χ0n) is 15.0. The van der Waals surface area contributed by atoms with E-state index in [-0.39, 0.29) is 23.3 Å². The number of nitrogens with zero attached hydrogens (tertiary/aromatic N) is 5. The third-order valence-corrected chi connectivity index (χ3v) is 4.08. The number of para-hydroxylation sites is 1. The minimum absolute atomic E-state index is 0.102. The summed E-state index contributed by atoms with van der Waals surface area (Å²) in [6.45, 7) is 4.24. The van der Waals surface area contributed by atoms with Gasteiger partial charge in [-0.05, 0) is 26.0 Å². The Morgan fingerprint density at radius 3 is 2.56 bits per heavy atom. The van der Waals surface area contributed by atoms with Gasteiger partial charge in [0.05, 0.1) is 23.6 Å². The molecular formula is C18H19N5O4. The van der Waals surface area contributed by atoms with Crippen LogP contribution < -0.4 is 0 Å². The summed E-state index contributed by atoms with van der Waals surface area (Å²) in [6, 6.07) is 7.10. The van der Waals surface area contributed by atoms with Crippen LogP contribution in [0, 0.1) is 6.92 Å². The maximum Gasteiger partial charge on any atom is 0.358 e. The van der Waals surface area contributed by atoms with Crippen LogP contribution in [-0.2, 0) is 6.42 Å². The summed E-state index contributed by atoms with van der Waals surface area (Å²) < 4.78 is 5.38. The van der Waals surface area contributed by atoms with Crippen molar-refractivity contribution in [1.82, 2.24) is 24.9 Å². The predicted octanol–water partition coefficient (Wildman–Crippen LogP) is 1.97. The maximum atomic E-state index is 13.0. The van der Waals surface area contributed by atoms with E-state index in [0.717, 1.165) is 0 Å². The fourth-order valence-corrected chi connectivity index (χ4v) is 2.73. The van der Waals surface area contributed by atoms with Gasteiger partial charge in [0.2, 0.25) is 0 Å². The van der Waals surface area contributed by atoms with Crippen LogP contribution in [0.2, 0.25) is 0 Å². The number of amides is 1. The van der Waals surface area contributed by atoms with Gasteiger partial charge in [0.15, 0.2) is 11.6 Å². The number of aromatic carboxylic acids is 1. The predicted molar refractivity (Wildman–Crippen MR) is 94.8 cm³/mol. The highest BCUT2D eigenvalue weighted by Gasteiger charge is 2.21. The Labute approximate surface area is 155 Å². The van der Waals surface area contributed by atoms with E-state index in [2.05, 4.69) is 15.2 Å². The van der Waals surface area contributed by atoms with Crippen molar-refractivity contribution in [3.8, 4) is 5.69 Å². The number of carboxylic acid groups (broad SMARTS) is 1. The molecule has 9 nitrogen and oxygen atoms in total. The normalized spacial score (nSPS) is 10.7. The van der Waals surface area contributed by atoms with Crippen molar-refractivity contribution in [2.24, 2.45) is 0 Å². The Hall–Kier alpha value is -3.49. The molecule has 3 rings (SSSR count). The first-order chi connectivity index (χ1) is 13.0. The number of carbonyl (C=O) groups is 2. The number of carbonyl (C=O) groups excluding carboxylic acids is 1. The standard InChI is InChI=1S/C18H19N5O4/c1-3-22(11-8-15-21-16(18(25)26)12(2)27-15)17(24)13-6-4-5-7-14(13)23-19-9-10-20-23/h4-7,9-10H,3,8,11H2,1-2H3,(H,25,26). The van der Waals surface area contributed by atoms with Crippen molar-refractivity contribution in [1.29, 1.82) is 0 Å². The molecule has 0 fully saturated rings. The van der Waals surface area contributed by atoms with Gasteiger partial charge in [-0.15, -0.1) is 0 Å². The van der Waals surface area contributed by atoms with E-state index < -0.39 is 5.97 Å². The van der Waals surface area contributed by atoms with Gasteiger partial charge in [-0.2, -0.15) is 15.0 Å². The molecule has 0 aliphatic heterocycles. The first-order valence-electron chi connectivity index (χ1n) is 8.45. The summed E-state index contributed by atoms with van der Waals surface area (Å²) in [5.74, 6) is -0.765. The molecule has 1 N–H and O–H groups in total. The summed E-state index contributed by atoms with van der Waals surface area (Å²) in [4.78, 5) is 31.1. The van der Waals surface area contributed by atoms with Gasteiger partial charge in [-0.3, -0.25) is 4.79 Å². The minimum atomic E-state index is -1.13. The zero-order chi connectivity index (χ0) is 19.4. The van der Waals surface area contributed by atoms with E-state index in [9.17, 15) is 9.59 Å². The third kappa shape index (κ3) is 3.86. The van der Waals surface area contributed by atoms with Crippen LogP contribution in [0.4, 0.5) is 0 Å². The first kappa shape index (κ1) is 18.3. The van der Waals surface area contributed by atoms with Gasteiger partial charge in [0.25, 0.3) is 5.91 Å². The zero-order valence-corrected chi connectivity index (χ0v) is 15.0. The first-order valence-corrected chi connectivity index (χ1v) is 8.45. The Kier molecular flexibility index (Phi) is 5.30. The lowest BCUT2D eigenvalue weighted by atomic mass is 10.1. The van der Waals surface area contributed by atoms with Gasteiger partial charge in [0.1, 0.15) is 5.76 Å². The Morgan fingerprint density at radius 2 is 1.93 bits per heavy atom. The van der Waals surface area contributed by atoms with E-state index in [0.29, 0.717) is 30.8 Å². The molecule has 1 aromatic carbocycles. The number of rotatable bonds is 7.